The third kappa shape index (κ3) is 2.68. The van der Waals surface area contributed by atoms with Gasteiger partial charge in [0.1, 0.15) is 11.2 Å². The van der Waals surface area contributed by atoms with Crippen molar-refractivity contribution in [1.29, 1.82) is 0 Å². The predicted molar refractivity (Wildman–Crippen MR) is 84.3 cm³/mol. The van der Waals surface area contributed by atoms with E-state index in [1.807, 2.05) is 0 Å². The fraction of sp³-hybridized carbons (Fsp3) is 0.125. The molecule has 1 atom stereocenters. The number of aromatic nitrogens is 1. The average Bonchev–Trinajstić information content (AvgIpc) is 2.79. The van der Waals surface area contributed by atoms with Crippen LogP contribution in [0.3, 0.4) is 0 Å². The smallest absolute Gasteiger partial charge is 0.262 e. The number of amides is 3. The molecule has 0 spiro atoms. The van der Waals surface area contributed by atoms with Crippen molar-refractivity contribution in [3.05, 3.63) is 58.9 Å². The highest BCUT2D eigenvalue weighted by atomic mass is 35.5. The van der Waals surface area contributed by atoms with E-state index < -0.39 is 23.8 Å². The van der Waals surface area contributed by atoms with Gasteiger partial charge in [-0.3, -0.25) is 19.3 Å². The van der Waals surface area contributed by atoms with Gasteiger partial charge in [-0.1, -0.05) is 23.7 Å². The summed E-state index contributed by atoms with van der Waals surface area (Å²) in [4.78, 5) is 41.8. The van der Waals surface area contributed by atoms with Crippen LogP contribution in [0, 0.1) is 0 Å². The quantitative estimate of drug-likeness (QED) is 0.692. The first-order valence-electron chi connectivity index (χ1n) is 6.88. The van der Waals surface area contributed by atoms with Gasteiger partial charge in [-0.15, -0.1) is 0 Å². The van der Waals surface area contributed by atoms with Crippen molar-refractivity contribution < 1.29 is 14.4 Å². The van der Waals surface area contributed by atoms with E-state index in [0.29, 0.717) is 16.8 Å². The molecule has 0 saturated carbocycles. The van der Waals surface area contributed by atoms with Crippen LogP contribution in [0.15, 0.2) is 42.6 Å². The van der Waals surface area contributed by atoms with E-state index in [2.05, 4.69) is 10.3 Å². The number of fused-ring (bicyclic) bond motifs is 1. The number of nitrogens with zero attached hydrogens (tertiary/aromatic N) is 2. The number of nitrogens with one attached hydrogen (secondary N) is 1. The highest BCUT2D eigenvalue weighted by molar-refractivity contribution is 6.29. The standard InChI is InChI=1S/C16H12ClN3O3/c1-9(14(21)19-10-6-7-18-13(17)8-10)20-15(22)11-4-2-3-5-12(11)16(20)23/h2-9H,1H3,(H,18,19,21). The number of hydrogen-bond acceptors (Lipinski definition) is 4. The summed E-state index contributed by atoms with van der Waals surface area (Å²) < 4.78 is 0. The molecule has 1 aromatic carbocycles. The first kappa shape index (κ1) is 15.2. The van der Waals surface area contributed by atoms with Crippen LogP contribution < -0.4 is 5.32 Å². The molecule has 1 aromatic heterocycles. The molecule has 1 N–H and O–H groups in total. The lowest BCUT2D eigenvalue weighted by atomic mass is 10.1. The highest BCUT2D eigenvalue weighted by Crippen LogP contribution is 2.25. The molecule has 2 aromatic rings. The molecule has 0 fully saturated rings. The Labute approximate surface area is 137 Å². The second kappa shape index (κ2) is 5.81. The van der Waals surface area contributed by atoms with E-state index in [1.165, 1.54) is 19.2 Å². The summed E-state index contributed by atoms with van der Waals surface area (Å²) in [6.07, 6.45) is 1.45. The molecule has 116 valence electrons. The van der Waals surface area contributed by atoms with Crippen molar-refractivity contribution in [2.75, 3.05) is 5.32 Å². The normalized spacial score (nSPS) is 14.6. The minimum Gasteiger partial charge on any atom is -0.324 e. The van der Waals surface area contributed by atoms with Crippen molar-refractivity contribution in [1.82, 2.24) is 9.88 Å². The van der Waals surface area contributed by atoms with Crippen LogP contribution in [0.25, 0.3) is 0 Å². The van der Waals surface area contributed by atoms with Crippen molar-refractivity contribution >= 4 is 35.0 Å². The number of imide groups is 1. The summed E-state index contributed by atoms with van der Waals surface area (Å²) in [5.74, 6) is -1.43. The number of pyridine rings is 1. The van der Waals surface area contributed by atoms with E-state index in [-0.39, 0.29) is 5.15 Å². The molecule has 3 rings (SSSR count). The average molecular weight is 330 g/mol. The van der Waals surface area contributed by atoms with Crippen LogP contribution in [0.1, 0.15) is 27.6 Å². The van der Waals surface area contributed by atoms with E-state index in [1.54, 1.807) is 30.3 Å². The van der Waals surface area contributed by atoms with Gasteiger partial charge >= 0.3 is 0 Å². The van der Waals surface area contributed by atoms with E-state index in [0.717, 1.165) is 4.90 Å². The lowest BCUT2D eigenvalue weighted by molar-refractivity contribution is -0.119. The molecule has 1 unspecified atom stereocenters. The minimum atomic E-state index is -0.950. The monoisotopic (exact) mass is 329 g/mol. The molecule has 2 heterocycles. The van der Waals surface area contributed by atoms with Gasteiger partial charge in [-0.05, 0) is 31.2 Å². The van der Waals surface area contributed by atoms with Crippen molar-refractivity contribution in [3.63, 3.8) is 0 Å². The number of carbonyl (C=O) groups is 3. The maximum Gasteiger partial charge on any atom is 0.262 e. The predicted octanol–water partition coefficient (Wildman–Crippen LogP) is 2.36. The van der Waals surface area contributed by atoms with Gasteiger partial charge < -0.3 is 5.32 Å². The van der Waals surface area contributed by atoms with E-state index in [9.17, 15) is 14.4 Å². The van der Waals surface area contributed by atoms with E-state index in [4.69, 9.17) is 11.6 Å². The first-order chi connectivity index (χ1) is 11.0. The second-order valence-electron chi connectivity index (χ2n) is 5.06. The van der Waals surface area contributed by atoms with Crippen LogP contribution in [-0.2, 0) is 4.79 Å². The number of benzene rings is 1. The molecule has 3 amide bonds. The zero-order valence-electron chi connectivity index (χ0n) is 12.1. The third-order valence-electron chi connectivity index (χ3n) is 3.59. The van der Waals surface area contributed by atoms with Crippen LogP contribution in [-0.4, -0.2) is 33.6 Å². The highest BCUT2D eigenvalue weighted by Gasteiger charge is 2.40. The molecule has 0 aliphatic carbocycles. The van der Waals surface area contributed by atoms with Crippen LogP contribution >= 0.6 is 11.6 Å². The number of rotatable bonds is 3. The van der Waals surface area contributed by atoms with Gasteiger partial charge in [0.25, 0.3) is 11.8 Å². The van der Waals surface area contributed by atoms with Gasteiger partial charge in [0.05, 0.1) is 11.1 Å². The molecule has 23 heavy (non-hydrogen) atoms. The number of anilines is 1. The van der Waals surface area contributed by atoms with Gasteiger partial charge in [0, 0.05) is 11.9 Å². The SMILES string of the molecule is CC(C(=O)Nc1ccnc(Cl)c1)N1C(=O)c2ccccc2C1=O. The van der Waals surface area contributed by atoms with Gasteiger partial charge in [-0.2, -0.15) is 0 Å². The topological polar surface area (TPSA) is 79.4 Å². The maximum atomic E-state index is 12.4. The Morgan fingerprint density at radius 1 is 1.17 bits per heavy atom. The Hall–Kier alpha value is -2.73. The summed E-state index contributed by atoms with van der Waals surface area (Å²) in [7, 11) is 0. The Balaban J connectivity index is 1.81. The Morgan fingerprint density at radius 2 is 1.78 bits per heavy atom. The maximum absolute atomic E-state index is 12.4. The summed E-state index contributed by atoms with van der Waals surface area (Å²) in [5, 5.41) is 2.85. The fourth-order valence-corrected chi connectivity index (χ4v) is 2.58. The number of carbonyl (C=O) groups excluding carboxylic acids is 3. The lowest BCUT2D eigenvalue weighted by Gasteiger charge is -2.21. The fourth-order valence-electron chi connectivity index (χ4n) is 2.40. The molecule has 0 bridgehead atoms. The first-order valence-corrected chi connectivity index (χ1v) is 7.26. The Kier molecular flexibility index (Phi) is 3.83. The summed E-state index contributed by atoms with van der Waals surface area (Å²) in [6, 6.07) is 8.60. The van der Waals surface area contributed by atoms with Crippen molar-refractivity contribution in [3.8, 4) is 0 Å². The summed E-state index contributed by atoms with van der Waals surface area (Å²) >= 11 is 5.76. The van der Waals surface area contributed by atoms with Crippen molar-refractivity contribution in [2.45, 2.75) is 13.0 Å². The molecule has 1 aliphatic rings. The third-order valence-corrected chi connectivity index (χ3v) is 3.79. The molecule has 6 nitrogen and oxygen atoms in total. The van der Waals surface area contributed by atoms with Crippen LogP contribution in [0.5, 0.6) is 0 Å². The molecular formula is C16H12ClN3O3. The molecule has 0 radical (unpaired) electrons. The summed E-state index contributed by atoms with van der Waals surface area (Å²) in [6.45, 7) is 1.50. The van der Waals surface area contributed by atoms with Gasteiger partial charge in [0.15, 0.2) is 0 Å². The van der Waals surface area contributed by atoms with Crippen LogP contribution in [0.4, 0.5) is 5.69 Å². The second-order valence-corrected chi connectivity index (χ2v) is 5.45. The molecule has 1 aliphatic heterocycles. The van der Waals surface area contributed by atoms with E-state index >= 15 is 0 Å². The number of halogens is 1. The largest absolute Gasteiger partial charge is 0.324 e. The zero-order valence-corrected chi connectivity index (χ0v) is 12.9. The van der Waals surface area contributed by atoms with Crippen molar-refractivity contribution in [2.24, 2.45) is 0 Å². The molecule has 0 saturated heterocycles. The van der Waals surface area contributed by atoms with Gasteiger partial charge in [-0.25, -0.2) is 4.98 Å². The van der Waals surface area contributed by atoms with Gasteiger partial charge in [0.2, 0.25) is 5.91 Å². The molecular weight excluding hydrogens is 318 g/mol. The lowest BCUT2D eigenvalue weighted by Crippen LogP contribution is -2.45. The minimum absolute atomic E-state index is 0.233. The zero-order chi connectivity index (χ0) is 16.6. The Morgan fingerprint density at radius 3 is 2.35 bits per heavy atom. The van der Waals surface area contributed by atoms with Crippen LogP contribution in [0.2, 0.25) is 5.15 Å². The Bertz CT molecular complexity index is 787. The summed E-state index contributed by atoms with van der Waals surface area (Å²) in [5.41, 5.74) is 1.06. The molecule has 7 heteroatoms. The number of hydrogen-bond donors (Lipinski definition) is 1.